The van der Waals surface area contributed by atoms with Crippen molar-refractivity contribution in [1.82, 2.24) is 4.90 Å². The summed E-state index contributed by atoms with van der Waals surface area (Å²) in [5, 5.41) is 0. The van der Waals surface area contributed by atoms with Crippen LogP contribution in [0.15, 0.2) is 24.3 Å². The van der Waals surface area contributed by atoms with E-state index < -0.39 is 0 Å². The van der Waals surface area contributed by atoms with Gasteiger partial charge in [-0.1, -0.05) is 12.1 Å². The summed E-state index contributed by atoms with van der Waals surface area (Å²) in [7, 11) is 2.25. The molecule has 3 nitrogen and oxygen atoms in total. The lowest BCUT2D eigenvalue weighted by molar-refractivity contribution is 0.0666. The van der Waals surface area contributed by atoms with Crippen LogP contribution in [0.4, 0.5) is 5.69 Å². The van der Waals surface area contributed by atoms with Gasteiger partial charge in [0.15, 0.2) is 0 Å². The minimum atomic E-state index is 0.341. The van der Waals surface area contributed by atoms with Gasteiger partial charge in [0.25, 0.3) is 0 Å². The van der Waals surface area contributed by atoms with E-state index in [2.05, 4.69) is 11.9 Å². The van der Waals surface area contributed by atoms with E-state index in [4.69, 9.17) is 10.5 Å². The van der Waals surface area contributed by atoms with Gasteiger partial charge in [-0.2, -0.15) is 0 Å². The number of para-hydroxylation sites is 2. The van der Waals surface area contributed by atoms with Crippen molar-refractivity contribution in [3.05, 3.63) is 24.3 Å². The first kappa shape index (κ1) is 10.9. The topological polar surface area (TPSA) is 38.5 Å². The number of nitrogens with zero attached hydrogens (tertiary/aromatic N) is 1. The molecule has 0 aromatic heterocycles. The molecular weight excluding hydrogens is 212 g/mol. The zero-order valence-electron chi connectivity index (χ0n) is 10.3. The molecule has 1 aromatic rings. The number of fused-ring (bicyclic) bond motifs is 2. The van der Waals surface area contributed by atoms with Crippen molar-refractivity contribution in [3.63, 3.8) is 0 Å². The average Bonchev–Trinajstić information content (AvgIpc) is 2.55. The van der Waals surface area contributed by atoms with Crippen molar-refractivity contribution in [2.45, 2.75) is 43.9 Å². The Morgan fingerprint density at radius 2 is 1.82 bits per heavy atom. The molecule has 0 radical (unpaired) electrons. The number of nitrogen functional groups attached to an aromatic ring is 1. The lowest BCUT2D eigenvalue weighted by Crippen LogP contribution is -2.43. The van der Waals surface area contributed by atoms with E-state index in [-0.39, 0.29) is 0 Å². The predicted octanol–water partition coefficient (Wildman–Crippen LogP) is 2.27. The summed E-state index contributed by atoms with van der Waals surface area (Å²) in [5.41, 5.74) is 6.66. The molecule has 92 valence electrons. The third kappa shape index (κ3) is 2.00. The van der Waals surface area contributed by atoms with Crippen molar-refractivity contribution >= 4 is 5.69 Å². The zero-order chi connectivity index (χ0) is 11.8. The summed E-state index contributed by atoms with van der Waals surface area (Å²) in [6, 6.07) is 9.22. The van der Waals surface area contributed by atoms with Gasteiger partial charge in [0.2, 0.25) is 0 Å². The van der Waals surface area contributed by atoms with Crippen molar-refractivity contribution in [1.29, 1.82) is 0 Å². The molecule has 3 heteroatoms. The van der Waals surface area contributed by atoms with Gasteiger partial charge in [-0.3, -0.25) is 0 Å². The molecule has 17 heavy (non-hydrogen) atoms. The van der Waals surface area contributed by atoms with Crippen LogP contribution in [0, 0.1) is 0 Å². The number of ether oxygens (including phenoxy) is 1. The molecule has 0 saturated carbocycles. The van der Waals surface area contributed by atoms with Gasteiger partial charge in [0.05, 0.1) is 5.69 Å². The van der Waals surface area contributed by atoms with E-state index in [0.717, 1.165) is 24.3 Å². The Morgan fingerprint density at radius 3 is 2.47 bits per heavy atom. The number of anilines is 1. The summed E-state index contributed by atoms with van der Waals surface area (Å²) >= 11 is 0. The lowest BCUT2D eigenvalue weighted by Gasteiger charge is -2.36. The maximum Gasteiger partial charge on any atom is 0.142 e. The number of rotatable bonds is 2. The molecular formula is C14H20N2O. The normalized spacial score (nSPS) is 32.6. The number of hydrogen-bond acceptors (Lipinski definition) is 3. The smallest absolute Gasteiger partial charge is 0.142 e. The van der Waals surface area contributed by atoms with E-state index in [1.54, 1.807) is 0 Å². The van der Waals surface area contributed by atoms with Crippen LogP contribution in [0.25, 0.3) is 0 Å². The SMILES string of the molecule is CN1[C@@H]2CC[C@@H]1CC(Oc1ccccc1N)C2. The van der Waals surface area contributed by atoms with E-state index in [1.165, 1.54) is 12.8 Å². The van der Waals surface area contributed by atoms with E-state index in [1.807, 2.05) is 24.3 Å². The number of hydrogen-bond donors (Lipinski definition) is 1. The Balaban J connectivity index is 1.70. The first-order valence-electron chi connectivity index (χ1n) is 6.47. The van der Waals surface area contributed by atoms with E-state index in [9.17, 15) is 0 Å². The summed E-state index contributed by atoms with van der Waals surface area (Å²) < 4.78 is 6.06. The fraction of sp³-hybridized carbons (Fsp3) is 0.571. The number of nitrogens with two attached hydrogens (primary N) is 1. The predicted molar refractivity (Wildman–Crippen MR) is 69.1 cm³/mol. The first-order chi connectivity index (χ1) is 8.24. The van der Waals surface area contributed by atoms with Crippen LogP contribution in [0.5, 0.6) is 5.75 Å². The van der Waals surface area contributed by atoms with Gasteiger partial charge in [-0.15, -0.1) is 0 Å². The molecule has 3 rings (SSSR count). The van der Waals surface area contributed by atoms with Gasteiger partial charge in [-0.05, 0) is 44.9 Å². The molecule has 2 fully saturated rings. The molecule has 2 aliphatic heterocycles. The van der Waals surface area contributed by atoms with Crippen LogP contribution < -0.4 is 10.5 Å². The molecule has 0 aliphatic carbocycles. The van der Waals surface area contributed by atoms with Gasteiger partial charge in [-0.25, -0.2) is 0 Å². The second-order valence-corrected chi connectivity index (χ2v) is 5.30. The molecule has 1 aromatic carbocycles. The molecule has 0 spiro atoms. The first-order valence-corrected chi connectivity index (χ1v) is 6.47. The van der Waals surface area contributed by atoms with Crippen LogP contribution in [-0.2, 0) is 0 Å². The summed E-state index contributed by atoms with van der Waals surface area (Å²) in [4.78, 5) is 2.52. The highest BCUT2D eigenvalue weighted by atomic mass is 16.5. The van der Waals surface area contributed by atoms with Crippen molar-refractivity contribution < 1.29 is 4.74 Å². The monoisotopic (exact) mass is 232 g/mol. The fourth-order valence-electron chi connectivity index (χ4n) is 3.23. The summed E-state index contributed by atoms with van der Waals surface area (Å²) in [5.74, 6) is 0.849. The lowest BCUT2D eigenvalue weighted by atomic mass is 10.0. The highest BCUT2D eigenvalue weighted by Crippen LogP contribution is 2.36. The summed E-state index contributed by atoms with van der Waals surface area (Å²) in [6.45, 7) is 0. The Labute approximate surface area is 103 Å². The molecule has 2 saturated heterocycles. The van der Waals surface area contributed by atoms with Crippen molar-refractivity contribution in [2.24, 2.45) is 0 Å². The molecule has 0 unspecified atom stereocenters. The second kappa shape index (κ2) is 4.22. The molecule has 2 bridgehead atoms. The van der Waals surface area contributed by atoms with Gasteiger partial charge >= 0.3 is 0 Å². The highest BCUT2D eigenvalue weighted by molar-refractivity contribution is 5.51. The quantitative estimate of drug-likeness (QED) is 0.795. The third-order valence-corrected chi connectivity index (χ3v) is 4.27. The van der Waals surface area contributed by atoms with Crippen LogP contribution in [-0.4, -0.2) is 30.1 Å². The maximum atomic E-state index is 6.06. The van der Waals surface area contributed by atoms with Crippen LogP contribution in [0.2, 0.25) is 0 Å². The Bertz CT molecular complexity index is 393. The van der Waals surface area contributed by atoms with Gasteiger partial charge < -0.3 is 15.4 Å². The Kier molecular flexibility index (Phi) is 2.71. The van der Waals surface area contributed by atoms with E-state index >= 15 is 0 Å². The largest absolute Gasteiger partial charge is 0.488 e. The molecule has 2 aliphatic rings. The van der Waals surface area contributed by atoms with Gasteiger partial charge in [0, 0.05) is 12.1 Å². The van der Waals surface area contributed by atoms with E-state index in [0.29, 0.717) is 18.2 Å². The molecule has 2 N–H and O–H groups in total. The van der Waals surface area contributed by atoms with Crippen molar-refractivity contribution in [2.75, 3.05) is 12.8 Å². The van der Waals surface area contributed by atoms with Crippen LogP contribution in [0.3, 0.4) is 0 Å². The minimum Gasteiger partial charge on any atom is -0.488 e. The number of piperidine rings is 1. The van der Waals surface area contributed by atoms with Crippen molar-refractivity contribution in [3.8, 4) is 5.75 Å². The Hall–Kier alpha value is -1.22. The zero-order valence-corrected chi connectivity index (χ0v) is 10.3. The van der Waals surface area contributed by atoms with Crippen LogP contribution >= 0.6 is 0 Å². The standard InChI is InChI=1S/C14H20N2O/c1-16-10-6-7-11(16)9-12(8-10)17-14-5-3-2-4-13(14)15/h2-5,10-12H,6-9,15H2,1H3/t10-,11-/m1/s1. The second-order valence-electron chi connectivity index (χ2n) is 5.30. The fourth-order valence-corrected chi connectivity index (χ4v) is 3.23. The molecule has 2 atom stereocenters. The Morgan fingerprint density at radius 1 is 1.18 bits per heavy atom. The third-order valence-electron chi connectivity index (χ3n) is 4.27. The summed E-state index contributed by atoms with van der Waals surface area (Å²) in [6.07, 6.45) is 5.27. The highest BCUT2D eigenvalue weighted by Gasteiger charge is 2.39. The number of benzene rings is 1. The molecule has 0 amide bonds. The van der Waals surface area contributed by atoms with Crippen LogP contribution in [0.1, 0.15) is 25.7 Å². The minimum absolute atomic E-state index is 0.341. The maximum absolute atomic E-state index is 6.06. The average molecular weight is 232 g/mol. The molecule has 2 heterocycles. The van der Waals surface area contributed by atoms with Gasteiger partial charge in [0.1, 0.15) is 11.9 Å².